The Morgan fingerprint density at radius 1 is 1.47 bits per heavy atom. The predicted molar refractivity (Wildman–Crippen MR) is 74.5 cm³/mol. The Morgan fingerprint density at radius 2 is 2.21 bits per heavy atom. The third kappa shape index (κ3) is 3.08. The Morgan fingerprint density at radius 3 is 2.84 bits per heavy atom. The molecule has 1 aliphatic rings. The number of benzene rings is 1. The molecule has 1 aliphatic heterocycles. The van der Waals surface area contributed by atoms with E-state index >= 15 is 0 Å². The van der Waals surface area contributed by atoms with Crippen molar-refractivity contribution in [2.45, 2.75) is 6.04 Å². The summed E-state index contributed by atoms with van der Waals surface area (Å²) < 4.78 is 0.613. The van der Waals surface area contributed by atoms with E-state index in [0.29, 0.717) is 28.1 Å². The fourth-order valence-corrected chi connectivity index (χ4v) is 2.46. The summed E-state index contributed by atoms with van der Waals surface area (Å²) in [7, 11) is 0. The quantitative estimate of drug-likeness (QED) is 0.852. The van der Waals surface area contributed by atoms with Crippen molar-refractivity contribution in [1.82, 2.24) is 10.2 Å². The first-order valence-corrected chi connectivity index (χ1v) is 6.87. The molecule has 0 bridgehead atoms. The number of carbonyl (C=O) groups excluding carboxylic acids is 1. The van der Waals surface area contributed by atoms with Crippen molar-refractivity contribution in [2.75, 3.05) is 19.6 Å². The molecule has 0 radical (unpaired) electrons. The van der Waals surface area contributed by atoms with Gasteiger partial charge in [-0.25, -0.2) is 4.79 Å². The van der Waals surface area contributed by atoms with E-state index in [1.807, 2.05) is 0 Å². The summed E-state index contributed by atoms with van der Waals surface area (Å²) in [6, 6.07) is 3.97. The van der Waals surface area contributed by atoms with Gasteiger partial charge in [-0.05, 0) is 34.1 Å². The van der Waals surface area contributed by atoms with Crippen molar-refractivity contribution in [3.05, 3.63) is 33.3 Å². The number of halogens is 2. The van der Waals surface area contributed by atoms with Gasteiger partial charge < -0.3 is 15.3 Å². The molecule has 2 N–H and O–H groups in total. The number of piperazine rings is 1. The standard InChI is InChI=1S/C12H12BrClN2O3/c13-8-5-7(1-2-9(8)14)11(17)16-4-3-15-6-10(16)12(18)19/h1-2,5,10,15H,3-4,6H2,(H,18,19). The van der Waals surface area contributed by atoms with Crippen molar-refractivity contribution in [2.24, 2.45) is 0 Å². The van der Waals surface area contributed by atoms with E-state index in [-0.39, 0.29) is 12.5 Å². The minimum Gasteiger partial charge on any atom is -0.480 e. The first-order valence-electron chi connectivity index (χ1n) is 5.70. The molecule has 1 fully saturated rings. The number of rotatable bonds is 2. The lowest BCUT2D eigenvalue weighted by Crippen LogP contribution is -2.56. The van der Waals surface area contributed by atoms with Crippen molar-refractivity contribution in [3.8, 4) is 0 Å². The maximum atomic E-state index is 12.3. The van der Waals surface area contributed by atoms with Gasteiger partial charge in [0, 0.05) is 29.7 Å². The molecular formula is C12H12BrClN2O3. The molecule has 2 rings (SSSR count). The maximum absolute atomic E-state index is 12.3. The molecule has 0 spiro atoms. The molecule has 7 heteroatoms. The van der Waals surface area contributed by atoms with Gasteiger partial charge in [-0.1, -0.05) is 11.6 Å². The average molecular weight is 348 g/mol. The van der Waals surface area contributed by atoms with E-state index in [9.17, 15) is 9.59 Å². The molecule has 102 valence electrons. The van der Waals surface area contributed by atoms with Gasteiger partial charge in [-0.15, -0.1) is 0 Å². The van der Waals surface area contributed by atoms with E-state index in [1.54, 1.807) is 18.2 Å². The van der Waals surface area contributed by atoms with E-state index in [4.69, 9.17) is 16.7 Å². The van der Waals surface area contributed by atoms with Crippen LogP contribution in [0.5, 0.6) is 0 Å². The highest BCUT2D eigenvalue weighted by Crippen LogP contribution is 2.24. The number of carboxylic acids is 1. The van der Waals surface area contributed by atoms with Crippen molar-refractivity contribution < 1.29 is 14.7 Å². The second-order valence-electron chi connectivity index (χ2n) is 4.19. The van der Waals surface area contributed by atoms with Crippen LogP contribution >= 0.6 is 27.5 Å². The lowest BCUT2D eigenvalue weighted by atomic mass is 10.1. The van der Waals surface area contributed by atoms with Crippen LogP contribution in [-0.2, 0) is 4.79 Å². The van der Waals surface area contributed by atoms with Crippen LogP contribution in [-0.4, -0.2) is 47.6 Å². The first-order chi connectivity index (χ1) is 9.00. The lowest BCUT2D eigenvalue weighted by Gasteiger charge is -2.33. The van der Waals surface area contributed by atoms with Gasteiger partial charge >= 0.3 is 5.97 Å². The second kappa shape index (κ2) is 5.90. The van der Waals surface area contributed by atoms with Crippen LogP contribution in [0.3, 0.4) is 0 Å². The molecule has 19 heavy (non-hydrogen) atoms. The largest absolute Gasteiger partial charge is 0.480 e. The van der Waals surface area contributed by atoms with E-state index in [1.165, 1.54) is 4.90 Å². The summed E-state index contributed by atoms with van der Waals surface area (Å²) in [5, 5.41) is 12.6. The Hall–Kier alpha value is -1.11. The highest BCUT2D eigenvalue weighted by atomic mass is 79.9. The fourth-order valence-electron chi connectivity index (χ4n) is 1.96. The summed E-state index contributed by atoms with van der Waals surface area (Å²) in [6.07, 6.45) is 0. The summed E-state index contributed by atoms with van der Waals surface area (Å²) in [6.45, 7) is 1.22. The number of aliphatic carboxylic acids is 1. The third-order valence-corrected chi connectivity index (χ3v) is 4.17. The molecule has 0 aliphatic carbocycles. The molecule has 1 unspecified atom stereocenters. The Balaban J connectivity index is 2.26. The number of carboxylic acid groups (broad SMARTS) is 1. The van der Waals surface area contributed by atoms with Gasteiger partial charge in [0.1, 0.15) is 6.04 Å². The SMILES string of the molecule is O=C(O)C1CNCCN1C(=O)c1ccc(Cl)c(Br)c1. The van der Waals surface area contributed by atoms with Crippen LogP contribution in [0.25, 0.3) is 0 Å². The third-order valence-electron chi connectivity index (χ3n) is 2.96. The topological polar surface area (TPSA) is 69.6 Å². The zero-order valence-corrected chi connectivity index (χ0v) is 12.2. The zero-order valence-electron chi connectivity index (χ0n) is 9.90. The van der Waals surface area contributed by atoms with Crippen LogP contribution in [0.4, 0.5) is 0 Å². The van der Waals surface area contributed by atoms with Crippen LogP contribution in [0.2, 0.25) is 5.02 Å². The van der Waals surface area contributed by atoms with Gasteiger partial charge in [0.2, 0.25) is 0 Å². The number of carbonyl (C=O) groups is 2. The van der Waals surface area contributed by atoms with E-state index in [2.05, 4.69) is 21.2 Å². The molecule has 1 aromatic rings. The summed E-state index contributed by atoms with van der Waals surface area (Å²) in [5.74, 6) is -1.31. The number of hydrogen-bond donors (Lipinski definition) is 2. The summed E-state index contributed by atoms with van der Waals surface area (Å²) in [5.41, 5.74) is 0.421. The number of nitrogens with zero attached hydrogens (tertiary/aromatic N) is 1. The minimum atomic E-state index is -1.01. The van der Waals surface area contributed by atoms with Crippen molar-refractivity contribution in [3.63, 3.8) is 0 Å². The van der Waals surface area contributed by atoms with Crippen molar-refractivity contribution in [1.29, 1.82) is 0 Å². The molecule has 1 saturated heterocycles. The van der Waals surface area contributed by atoms with Crippen LogP contribution < -0.4 is 5.32 Å². The number of nitrogens with one attached hydrogen (secondary N) is 1. The normalized spacial score (nSPS) is 19.3. The average Bonchev–Trinajstić information content (AvgIpc) is 2.41. The van der Waals surface area contributed by atoms with E-state index < -0.39 is 12.0 Å². The highest BCUT2D eigenvalue weighted by Gasteiger charge is 2.32. The minimum absolute atomic E-state index is 0.260. The van der Waals surface area contributed by atoms with Gasteiger partial charge in [0.15, 0.2) is 0 Å². The maximum Gasteiger partial charge on any atom is 0.327 e. The molecule has 0 saturated carbocycles. The summed E-state index contributed by atoms with van der Waals surface area (Å²) >= 11 is 9.13. The van der Waals surface area contributed by atoms with Gasteiger partial charge in [0.05, 0.1) is 5.02 Å². The second-order valence-corrected chi connectivity index (χ2v) is 5.45. The summed E-state index contributed by atoms with van der Waals surface area (Å²) in [4.78, 5) is 24.9. The zero-order chi connectivity index (χ0) is 14.0. The van der Waals surface area contributed by atoms with Gasteiger partial charge in [0.25, 0.3) is 5.91 Å². The predicted octanol–water partition coefficient (Wildman–Crippen LogP) is 1.60. The molecule has 1 heterocycles. The molecular weight excluding hydrogens is 336 g/mol. The Bertz CT molecular complexity index is 524. The van der Waals surface area contributed by atoms with Gasteiger partial charge in [-0.2, -0.15) is 0 Å². The molecule has 1 atom stereocenters. The Labute approximate surface area is 123 Å². The first kappa shape index (κ1) is 14.3. The number of hydrogen-bond acceptors (Lipinski definition) is 3. The Kier molecular flexibility index (Phi) is 4.44. The number of amides is 1. The monoisotopic (exact) mass is 346 g/mol. The molecule has 0 aromatic heterocycles. The smallest absolute Gasteiger partial charge is 0.327 e. The fraction of sp³-hybridized carbons (Fsp3) is 0.333. The molecule has 1 aromatic carbocycles. The molecule has 1 amide bonds. The highest BCUT2D eigenvalue weighted by molar-refractivity contribution is 9.10. The van der Waals surface area contributed by atoms with Crippen LogP contribution in [0, 0.1) is 0 Å². The van der Waals surface area contributed by atoms with E-state index in [0.717, 1.165) is 0 Å². The van der Waals surface area contributed by atoms with Gasteiger partial charge in [-0.3, -0.25) is 4.79 Å². The van der Waals surface area contributed by atoms with Crippen molar-refractivity contribution >= 4 is 39.4 Å². The molecule has 5 nitrogen and oxygen atoms in total. The lowest BCUT2D eigenvalue weighted by molar-refractivity contribution is -0.142. The van der Waals surface area contributed by atoms with Crippen LogP contribution in [0.15, 0.2) is 22.7 Å². The van der Waals surface area contributed by atoms with Crippen LogP contribution in [0.1, 0.15) is 10.4 Å².